The van der Waals surface area contributed by atoms with Crippen molar-refractivity contribution < 1.29 is 9.26 Å². The number of nitrogens with one attached hydrogen (secondary N) is 1. The molecule has 1 aromatic carbocycles. The van der Waals surface area contributed by atoms with Gasteiger partial charge in [0.25, 0.3) is 0 Å². The van der Waals surface area contributed by atoms with Crippen molar-refractivity contribution in [1.29, 1.82) is 0 Å². The normalized spacial score (nSPS) is 19.5. The highest BCUT2D eigenvalue weighted by Crippen LogP contribution is 2.25. The molecule has 4 rings (SSSR count). The number of ether oxygens (including phenoxy) is 1. The quantitative estimate of drug-likeness (QED) is 0.875. The number of morpholine rings is 1. The molecule has 2 aromatic rings. The second-order valence-corrected chi connectivity index (χ2v) is 7.00. The van der Waals surface area contributed by atoms with E-state index < -0.39 is 0 Å². The smallest absolute Gasteiger partial charge is 0.140 e. The van der Waals surface area contributed by atoms with E-state index in [-0.39, 0.29) is 6.04 Å². The fourth-order valence-corrected chi connectivity index (χ4v) is 3.82. The molecule has 0 radical (unpaired) electrons. The van der Waals surface area contributed by atoms with Crippen molar-refractivity contribution in [3.8, 4) is 0 Å². The summed E-state index contributed by atoms with van der Waals surface area (Å²) in [6.45, 7) is 5.43. The van der Waals surface area contributed by atoms with Gasteiger partial charge in [-0.3, -0.25) is 4.90 Å². The van der Waals surface area contributed by atoms with Crippen LogP contribution in [0.5, 0.6) is 0 Å². The topological polar surface area (TPSA) is 50.5 Å². The first-order valence-corrected chi connectivity index (χ1v) is 9.45. The summed E-state index contributed by atoms with van der Waals surface area (Å²) in [6.07, 6.45) is 4.61. The molecule has 5 heteroatoms. The molecule has 0 amide bonds. The number of rotatable bonds is 6. The van der Waals surface area contributed by atoms with E-state index in [4.69, 9.17) is 9.26 Å². The summed E-state index contributed by atoms with van der Waals surface area (Å²) in [5.41, 5.74) is 3.76. The van der Waals surface area contributed by atoms with Gasteiger partial charge in [0.15, 0.2) is 0 Å². The van der Waals surface area contributed by atoms with Crippen LogP contribution in [0, 0.1) is 0 Å². The number of fused-ring (bicyclic) bond motifs is 1. The average Bonchev–Trinajstić information content (AvgIpc) is 3.10. The van der Waals surface area contributed by atoms with E-state index in [1.165, 1.54) is 24.0 Å². The van der Waals surface area contributed by atoms with E-state index in [0.717, 1.165) is 63.7 Å². The second kappa shape index (κ2) is 8.13. The van der Waals surface area contributed by atoms with E-state index in [9.17, 15) is 0 Å². The van der Waals surface area contributed by atoms with Crippen LogP contribution in [-0.4, -0.2) is 42.9 Å². The molecule has 0 saturated carbocycles. The van der Waals surface area contributed by atoms with Crippen LogP contribution in [0.15, 0.2) is 34.9 Å². The maximum absolute atomic E-state index is 5.56. The Hall–Kier alpha value is -1.69. The minimum Gasteiger partial charge on any atom is -0.379 e. The van der Waals surface area contributed by atoms with Gasteiger partial charge in [0, 0.05) is 44.2 Å². The SMILES string of the molecule is c1ccc(C(CN2CCOCC2)NCc2noc3c2CCCC3)cc1. The molecule has 1 N–H and O–H groups in total. The summed E-state index contributed by atoms with van der Waals surface area (Å²) in [5.74, 6) is 1.10. The lowest BCUT2D eigenvalue weighted by Gasteiger charge is -2.31. The Morgan fingerprint density at radius 1 is 1.08 bits per heavy atom. The van der Waals surface area contributed by atoms with Gasteiger partial charge in [-0.2, -0.15) is 0 Å². The molecule has 1 atom stereocenters. The fraction of sp³-hybridized carbons (Fsp3) is 0.550. The third-order valence-electron chi connectivity index (χ3n) is 5.29. The van der Waals surface area contributed by atoms with E-state index >= 15 is 0 Å². The third-order valence-corrected chi connectivity index (χ3v) is 5.29. The molecule has 0 spiro atoms. The zero-order chi connectivity index (χ0) is 16.9. The van der Waals surface area contributed by atoms with E-state index in [1.54, 1.807) is 0 Å². The van der Waals surface area contributed by atoms with Gasteiger partial charge in [-0.05, 0) is 24.8 Å². The Morgan fingerprint density at radius 3 is 2.72 bits per heavy atom. The molecule has 1 aromatic heterocycles. The molecule has 0 bridgehead atoms. The van der Waals surface area contributed by atoms with Gasteiger partial charge in [0.2, 0.25) is 0 Å². The first kappa shape index (κ1) is 16.8. The van der Waals surface area contributed by atoms with Crippen LogP contribution in [-0.2, 0) is 24.1 Å². The predicted molar refractivity (Wildman–Crippen MR) is 96.4 cm³/mol. The summed E-state index contributed by atoms with van der Waals surface area (Å²) in [6, 6.07) is 11.0. The molecule has 1 unspecified atom stereocenters. The lowest BCUT2D eigenvalue weighted by atomic mass is 9.96. The Kier molecular flexibility index (Phi) is 5.45. The number of hydrogen-bond acceptors (Lipinski definition) is 5. The molecule has 134 valence electrons. The largest absolute Gasteiger partial charge is 0.379 e. The summed E-state index contributed by atoms with van der Waals surface area (Å²) < 4.78 is 11.0. The van der Waals surface area contributed by atoms with Gasteiger partial charge in [-0.15, -0.1) is 0 Å². The van der Waals surface area contributed by atoms with E-state index in [1.807, 2.05) is 0 Å². The van der Waals surface area contributed by atoms with Crippen molar-refractivity contribution >= 4 is 0 Å². The Bertz CT molecular complexity index is 665. The van der Waals surface area contributed by atoms with E-state index in [2.05, 4.69) is 45.7 Å². The van der Waals surface area contributed by atoms with Crippen LogP contribution < -0.4 is 5.32 Å². The molecule has 2 heterocycles. The summed E-state index contributed by atoms with van der Waals surface area (Å²) >= 11 is 0. The van der Waals surface area contributed by atoms with Crippen LogP contribution in [0.2, 0.25) is 0 Å². The molecule has 1 saturated heterocycles. The van der Waals surface area contributed by atoms with Crippen LogP contribution in [0.1, 0.15) is 41.5 Å². The van der Waals surface area contributed by atoms with Crippen molar-refractivity contribution in [2.45, 2.75) is 38.3 Å². The molecule has 1 aliphatic carbocycles. The Morgan fingerprint density at radius 2 is 1.88 bits per heavy atom. The van der Waals surface area contributed by atoms with Crippen LogP contribution in [0.3, 0.4) is 0 Å². The van der Waals surface area contributed by atoms with Gasteiger partial charge in [0.05, 0.1) is 13.2 Å². The lowest BCUT2D eigenvalue weighted by molar-refractivity contribution is 0.0333. The lowest BCUT2D eigenvalue weighted by Crippen LogP contribution is -2.41. The second-order valence-electron chi connectivity index (χ2n) is 7.00. The van der Waals surface area contributed by atoms with Crippen LogP contribution in [0.4, 0.5) is 0 Å². The Balaban J connectivity index is 1.45. The first-order chi connectivity index (χ1) is 12.4. The van der Waals surface area contributed by atoms with Gasteiger partial charge in [0.1, 0.15) is 11.5 Å². The fourth-order valence-electron chi connectivity index (χ4n) is 3.82. The molecular weight excluding hydrogens is 314 g/mol. The number of hydrogen-bond donors (Lipinski definition) is 1. The van der Waals surface area contributed by atoms with Gasteiger partial charge in [-0.1, -0.05) is 35.5 Å². The summed E-state index contributed by atoms with van der Waals surface area (Å²) in [4.78, 5) is 2.48. The number of benzene rings is 1. The monoisotopic (exact) mass is 341 g/mol. The van der Waals surface area contributed by atoms with Crippen molar-refractivity contribution in [2.75, 3.05) is 32.8 Å². The first-order valence-electron chi connectivity index (χ1n) is 9.45. The standard InChI is InChI=1S/C20H27N3O2/c1-2-6-16(7-3-1)19(15-23-10-12-24-13-11-23)21-14-18-17-8-4-5-9-20(17)25-22-18/h1-3,6-7,19,21H,4-5,8-15H2. The van der Waals surface area contributed by atoms with Crippen molar-refractivity contribution in [1.82, 2.24) is 15.4 Å². The predicted octanol–water partition coefficient (Wildman–Crippen LogP) is 2.72. The zero-order valence-electron chi connectivity index (χ0n) is 14.7. The summed E-state index contributed by atoms with van der Waals surface area (Å²) in [7, 11) is 0. The summed E-state index contributed by atoms with van der Waals surface area (Å²) in [5, 5.41) is 8.07. The van der Waals surface area contributed by atoms with Crippen molar-refractivity contribution in [3.63, 3.8) is 0 Å². The highest BCUT2D eigenvalue weighted by molar-refractivity contribution is 5.26. The minimum atomic E-state index is 0.287. The maximum atomic E-state index is 5.56. The zero-order valence-corrected chi connectivity index (χ0v) is 14.7. The van der Waals surface area contributed by atoms with Crippen LogP contribution in [0.25, 0.3) is 0 Å². The molecule has 5 nitrogen and oxygen atoms in total. The Labute approximate surface area is 149 Å². The molecular formula is C20H27N3O2. The highest BCUT2D eigenvalue weighted by atomic mass is 16.5. The van der Waals surface area contributed by atoms with Gasteiger partial charge >= 0.3 is 0 Å². The maximum Gasteiger partial charge on any atom is 0.140 e. The molecule has 25 heavy (non-hydrogen) atoms. The average molecular weight is 341 g/mol. The minimum absolute atomic E-state index is 0.287. The number of nitrogens with zero attached hydrogens (tertiary/aromatic N) is 2. The van der Waals surface area contributed by atoms with Crippen molar-refractivity contribution in [3.05, 3.63) is 52.9 Å². The molecule has 2 aliphatic rings. The molecule has 1 fully saturated rings. The molecule has 1 aliphatic heterocycles. The highest BCUT2D eigenvalue weighted by Gasteiger charge is 2.22. The van der Waals surface area contributed by atoms with E-state index in [0.29, 0.717) is 0 Å². The van der Waals surface area contributed by atoms with Crippen LogP contribution >= 0.6 is 0 Å². The van der Waals surface area contributed by atoms with Crippen molar-refractivity contribution in [2.24, 2.45) is 0 Å². The number of aromatic nitrogens is 1. The van der Waals surface area contributed by atoms with Gasteiger partial charge in [-0.25, -0.2) is 0 Å². The number of aryl methyl sites for hydroxylation is 1. The van der Waals surface area contributed by atoms with Gasteiger partial charge < -0.3 is 14.6 Å². The third kappa shape index (κ3) is 4.11.